The molecule has 0 saturated carbocycles. The van der Waals surface area contributed by atoms with Gasteiger partial charge in [-0.05, 0) is 34.5 Å². The van der Waals surface area contributed by atoms with Gasteiger partial charge in [-0.3, -0.25) is 9.59 Å². The highest BCUT2D eigenvalue weighted by molar-refractivity contribution is 9.10. The number of aryl methyl sites for hydroxylation is 1. The van der Waals surface area contributed by atoms with Crippen molar-refractivity contribution in [3.05, 3.63) is 33.8 Å². The molecule has 0 bridgehead atoms. The lowest BCUT2D eigenvalue weighted by Crippen LogP contribution is -2.29. The first-order valence-electron chi connectivity index (χ1n) is 5.30. The largest absolute Gasteiger partial charge is 0.359 e. The molecule has 2 amide bonds. The van der Waals surface area contributed by atoms with E-state index in [1.54, 1.807) is 13.1 Å². The summed E-state index contributed by atoms with van der Waals surface area (Å²) in [5.74, 6) is -0.266. The summed E-state index contributed by atoms with van der Waals surface area (Å²) in [5, 5.41) is 5.20. The lowest BCUT2D eigenvalue weighted by molar-refractivity contribution is -0.120. The average molecular weight is 299 g/mol. The van der Waals surface area contributed by atoms with Gasteiger partial charge in [0.1, 0.15) is 0 Å². The van der Waals surface area contributed by atoms with Crippen LogP contribution in [0.4, 0.5) is 0 Å². The van der Waals surface area contributed by atoms with Crippen LogP contribution in [0.3, 0.4) is 0 Å². The first kappa shape index (κ1) is 13.7. The normalized spacial score (nSPS) is 9.82. The summed E-state index contributed by atoms with van der Waals surface area (Å²) >= 11 is 3.38. The Morgan fingerprint density at radius 1 is 1.35 bits per heavy atom. The Bertz CT molecular complexity index is 433. The molecule has 0 aliphatic rings. The average Bonchev–Trinajstić information content (AvgIpc) is 2.32. The minimum atomic E-state index is -0.176. The molecule has 0 atom stereocenters. The molecule has 1 aromatic carbocycles. The number of amides is 2. The third-order valence-corrected chi connectivity index (χ3v) is 3.41. The molecule has 0 unspecified atom stereocenters. The lowest BCUT2D eigenvalue weighted by Gasteiger charge is -2.08. The molecule has 0 aliphatic heterocycles. The number of nitrogens with one attached hydrogen (secondary N) is 2. The second-order valence-corrected chi connectivity index (χ2v) is 4.41. The van der Waals surface area contributed by atoms with Gasteiger partial charge >= 0.3 is 0 Å². The Labute approximate surface area is 109 Å². The first-order valence-corrected chi connectivity index (χ1v) is 6.09. The van der Waals surface area contributed by atoms with Crippen molar-refractivity contribution in [2.45, 2.75) is 13.3 Å². The fraction of sp³-hybridized carbons (Fsp3) is 0.333. The molecule has 0 heterocycles. The van der Waals surface area contributed by atoms with Crippen molar-refractivity contribution in [2.24, 2.45) is 0 Å². The second kappa shape index (κ2) is 6.39. The van der Waals surface area contributed by atoms with Crippen LogP contribution in [0, 0.1) is 6.92 Å². The van der Waals surface area contributed by atoms with E-state index in [0.29, 0.717) is 12.1 Å². The van der Waals surface area contributed by atoms with Gasteiger partial charge in [-0.2, -0.15) is 0 Å². The standard InChI is InChI=1S/C12H15BrN2O2/c1-8-4-3-5-9(11(8)13)12(17)15-7-6-10(16)14-2/h3-5H,6-7H2,1-2H3,(H,14,16)(H,15,17). The minimum absolute atomic E-state index is 0.0893. The van der Waals surface area contributed by atoms with Gasteiger partial charge in [0.25, 0.3) is 5.91 Å². The van der Waals surface area contributed by atoms with E-state index in [9.17, 15) is 9.59 Å². The Balaban J connectivity index is 2.59. The molecule has 5 heteroatoms. The highest BCUT2D eigenvalue weighted by Crippen LogP contribution is 2.20. The molecule has 0 saturated heterocycles. The number of benzene rings is 1. The van der Waals surface area contributed by atoms with Gasteiger partial charge in [0.05, 0.1) is 5.56 Å². The van der Waals surface area contributed by atoms with Crippen molar-refractivity contribution in [3.8, 4) is 0 Å². The highest BCUT2D eigenvalue weighted by atomic mass is 79.9. The van der Waals surface area contributed by atoms with Crippen LogP contribution in [0.15, 0.2) is 22.7 Å². The predicted octanol–water partition coefficient (Wildman–Crippen LogP) is 1.62. The van der Waals surface area contributed by atoms with Gasteiger partial charge < -0.3 is 10.6 Å². The zero-order valence-corrected chi connectivity index (χ0v) is 11.4. The second-order valence-electron chi connectivity index (χ2n) is 3.62. The summed E-state index contributed by atoms with van der Waals surface area (Å²) in [7, 11) is 1.57. The lowest BCUT2D eigenvalue weighted by atomic mass is 10.1. The van der Waals surface area contributed by atoms with Crippen LogP contribution < -0.4 is 10.6 Å². The zero-order valence-electron chi connectivity index (χ0n) is 9.84. The van der Waals surface area contributed by atoms with Crippen molar-refractivity contribution in [2.75, 3.05) is 13.6 Å². The molecule has 0 aliphatic carbocycles. The first-order chi connectivity index (χ1) is 8.06. The molecule has 1 aromatic rings. The molecule has 92 valence electrons. The Kier molecular flexibility index (Phi) is 5.15. The van der Waals surface area contributed by atoms with E-state index in [0.717, 1.165) is 10.0 Å². The van der Waals surface area contributed by atoms with Crippen molar-refractivity contribution >= 4 is 27.7 Å². The van der Waals surface area contributed by atoms with E-state index >= 15 is 0 Å². The number of carbonyl (C=O) groups is 2. The molecule has 4 nitrogen and oxygen atoms in total. The van der Waals surface area contributed by atoms with Crippen LogP contribution in [0.1, 0.15) is 22.3 Å². The third-order valence-electron chi connectivity index (χ3n) is 2.35. The Morgan fingerprint density at radius 2 is 2.06 bits per heavy atom. The van der Waals surface area contributed by atoms with Gasteiger partial charge in [0.15, 0.2) is 0 Å². The van der Waals surface area contributed by atoms with E-state index in [-0.39, 0.29) is 18.2 Å². The van der Waals surface area contributed by atoms with Crippen LogP contribution in [0.25, 0.3) is 0 Å². The molecule has 1 rings (SSSR count). The number of rotatable bonds is 4. The maximum Gasteiger partial charge on any atom is 0.252 e. The summed E-state index contributed by atoms with van der Waals surface area (Å²) in [6.07, 6.45) is 0.283. The van der Waals surface area contributed by atoms with Gasteiger partial charge in [0, 0.05) is 24.5 Å². The van der Waals surface area contributed by atoms with Gasteiger partial charge in [-0.25, -0.2) is 0 Å². The predicted molar refractivity (Wildman–Crippen MR) is 69.9 cm³/mol. The van der Waals surface area contributed by atoms with E-state index in [2.05, 4.69) is 26.6 Å². The van der Waals surface area contributed by atoms with Gasteiger partial charge in [-0.1, -0.05) is 12.1 Å². The van der Waals surface area contributed by atoms with Crippen molar-refractivity contribution < 1.29 is 9.59 Å². The van der Waals surface area contributed by atoms with Crippen molar-refractivity contribution in [1.82, 2.24) is 10.6 Å². The van der Waals surface area contributed by atoms with E-state index in [1.165, 1.54) is 0 Å². The van der Waals surface area contributed by atoms with E-state index in [4.69, 9.17) is 0 Å². The number of hydrogen-bond acceptors (Lipinski definition) is 2. The Hall–Kier alpha value is -1.36. The fourth-order valence-electron chi connectivity index (χ4n) is 1.33. The minimum Gasteiger partial charge on any atom is -0.359 e. The van der Waals surface area contributed by atoms with E-state index in [1.807, 2.05) is 19.1 Å². The van der Waals surface area contributed by atoms with Crippen LogP contribution in [0.5, 0.6) is 0 Å². The van der Waals surface area contributed by atoms with Crippen LogP contribution in [-0.2, 0) is 4.79 Å². The third kappa shape index (κ3) is 3.85. The summed E-state index contributed by atoms with van der Waals surface area (Å²) in [6, 6.07) is 5.49. The molecule has 0 spiro atoms. The van der Waals surface area contributed by atoms with E-state index < -0.39 is 0 Å². The summed E-state index contributed by atoms with van der Waals surface area (Å²) in [6.45, 7) is 2.25. The molecule has 17 heavy (non-hydrogen) atoms. The summed E-state index contributed by atoms with van der Waals surface area (Å²) in [5.41, 5.74) is 1.59. The highest BCUT2D eigenvalue weighted by Gasteiger charge is 2.10. The molecular formula is C12H15BrN2O2. The smallest absolute Gasteiger partial charge is 0.252 e. The number of hydrogen-bond donors (Lipinski definition) is 2. The molecular weight excluding hydrogens is 284 g/mol. The van der Waals surface area contributed by atoms with Crippen LogP contribution in [0.2, 0.25) is 0 Å². The Morgan fingerprint density at radius 3 is 2.71 bits per heavy atom. The van der Waals surface area contributed by atoms with Crippen LogP contribution in [-0.4, -0.2) is 25.4 Å². The summed E-state index contributed by atoms with van der Waals surface area (Å²) < 4.78 is 0.789. The number of carbonyl (C=O) groups excluding carboxylic acids is 2. The molecule has 2 N–H and O–H groups in total. The molecule has 0 radical (unpaired) electrons. The monoisotopic (exact) mass is 298 g/mol. The zero-order chi connectivity index (χ0) is 12.8. The quantitative estimate of drug-likeness (QED) is 0.887. The maximum atomic E-state index is 11.8. The number of halogens is 1. The molecule has 0 aromatic heterocycles. The SMILES string of the molecule is CNC(=O)CCNC(=O)c1cccc(C)c1Br. The summed E-state index contributed by atoms with van der Waals surface area (Å²) in [4.78, 5) is 22.8. The van der Waals surface area contributed by atoms with Crippen molar-refractivity contribution in [3.63, 3.8) is 0 Å². The maximum absolute atomic E-state index is 11.8. The van der Waals surface area contributed by atoms with Gasteiger partial charge in [0.2, 0.25) is 5.91 Å². The molecule has 0 fully saturated rings. The fourth-order valence-corrected chi connectivity index (χ4v) is 1.78. The topological polar surface area (TPSA) is 58.2 Å². The van der Waals surface area contributed by atoms with Gasteiger partial charge in [-0.15, -0.1) is 0 Å². The van der Waals surface area contributed by atoms with Crippen LogP contribution >= 0.6 is 15.9 Å². The van der Waals surface area contributed by atoms with Crippen molar-refractivity contribution in [1.29, 1.82) is 0 Å².